The third-order valence-corrected chi connectivity index (χ3v) is 3.88. The minimum Gasteiger partial charge on any atom is -0.504 e. The van der Waals surface area contributed by atoms with Crippen LogP contribution in [0.15, 0.2) is 24.3 Å². The Hall–Kier alpha value is -3.71. The maximum absolute atomic E-state index is 12.4. The van der Waals surface area contributed by atoms with Gasteiger partial charge in [0.25, 0.3) is 0 Å². The highest BCUT2D eigenvalue weighted by Crippen LogP contribution is 2.30. The number of ether oxygens (including phenoxy) is 1. The van der Waals surface area contributed by atoms with Gasteiger partial charge in [-0.15, -0.1) is 0 Å². The molecule has 2 rings (SSSR count). The summed E-state index contributed by atoms with van der Waals surface area (Å²) in [5, 5.41) is 28.6. The summed E-state index contributed by atoms with van der Waals surface area (Å²) in [6.07, 6.45) is -0.353. The number of rotatable bonds is 6. The molecule has 0 aliphatic carbocycles. The molecule has 0 bridgehead atoms. The van der Waals surface area contributed by atoms with Crippen LogP contribution in [0.2, 0.25) is 0 Å². The maximum atomic E-state index is 12.4. The first kappa shape index (κ1) is 19.6. The fourth-order valence-electron chi connectivity index (χ4n) is 2.49. The van der Waals surface area contributed by atoms with E-state index in [0.717, 1.165) is 5.56 Å². The number of aromatic hydroxyl groups is 1. The summed E-state index contributed by atoms with van der Waals surface area (Å²) in [5.41, 5.74) is 1.67. The number of nitriles is 2. The summed E-state index contributed by atoms with van der Waals surface area (Å²) in [7, 11) is 0. The van der Waals surface area contributed by atoms with Crippen LogP contribution in [0.4, 0.5) is 0 Å². The standard InChI is InChI=1S/C20H17N3O4/c1-3-27-18(25)7-6-17(24)19-20(26)14(11-22)9-16(23-19)15-8-13(10-21)5-4-12(15)2/h4-5,8-9,26H,3,6-7H2,1-2H3. The summed E-state index contributed by atoms with van der Waals surface area (Å²) < 4.78 is 4.78. The van der Waals surface area contributed by atoms with Gasteiger partial charge in [-0.25, -0.2) is 4.98 Å². The van der Waals surface area contributed by atoms with Crippen molar-refractivity contribution in [3.8, 4) is 29.1 Å². The first-order valence-corrected chi connectivity index (χ1v) is 8.25. The highest BCUT2D eigenvalue weighted by molar-refractivity contribution is 5.99. The lowest BCUT2D eigenvalue weighted by Crippen LogP contribution is -2.10. The summed E-state index contributed by atoms with van der Waals surface area (Å²) in [6, 6.07) is 10.2. The van der Waals surface area contributed by atoms with Crippen molar-refractivity contribution >= 4 is 11.8 Å². The van der Waals surface area contributed by atoms with Gasteiger partial charge in [-0.3, -0.25) is 9.59 Å². The lowest BCUT2D eigenvalue weighted by molar-refractivity contribution is -0.143. The normalized spacial score (nSPS) is 9.93. The number of hydrogen-bond donors (Lipinski definition) is 1. The van der Waals surface area contributed by atoms with E-state index in [-0.39, 0.29) is 30.7 Å². The molecule has 2 aromatic rings. The second-order valence-electron chi connectivity index (χ2n) is 5.73. The molecule has 1 aromatic heterocycles. The molecule has 0 spiro atoms. The number of esters is 1. The molecule has 0 radical (unpaired) electrons. The first-order valence-electron chi connectivity index (χ1n) is 8.25. The second kappa shape index (κ2) is 8.59. The van der Waals surface area contributed by atoms with Gasteiger partial charge in [-0.1, -0.05) is 6.07 Å². The van der Waals surface area contributed by atoms with E-state index in [9.17, 15) is 20.0 Å². The topological polar surface area (TPSA) is 124 Å². The number of aromatic nitrogens is 1. The number of pyridine rings is 1. The van der Waals surface area contributed by atoms with Crippen molar-refractivity contribution in [2.45, 2.75) is 26.7 Å². The van der Waals surface area contributed by atoms with Crippen LogP contribution in [0, 0.1) is 29.6 Å². The predicted molar refractivity (Wildman–Crippen MR) is 95.7 cm³/mol. The Morgan fingerprint density at radius 2 is 1.93 bits per heavy atom. The Labute approximate surface area is 156 Å². The molecule has 0 aliphatic rings. The van der Waals surface area contributed by atoms with Gasteiger partial charge in [-0.2, -0.15) is 10.5 Å². The first-order chi connectivity index (χ1) is 12.9. The van der Waals surface area contributed by atoms with Crippen LogP contribution in [-0.4, -0.2) is 28.4 Å². The number of benzene rings is 1. The molecule has 0 aliphatic heterocycles. The third-order valence-electron chi connectivity index (χ3n) is 3.88. The van der Waals surface area contributed by atoms with E-state index in [0.29, 0.717) is 16.8 Å². The average Bonchev–Trinajstić information content (AvgIpc) is 2.67. The van der Waals surface area contributed by atoms with E-state index >= 15 is 0 Å². The Morgan fingerprint density at radius 3 is 2.56 bits per heavy atom. The van der Waals surface area contributed by atoms with Crippen molar-refractivity contribution < 1.29 is 19.4 Å². The largest absolute Gasteiger partial charge is 0.504 e. The number of hydrogen-bond acceptors (Lipinski definition) is 7. The number of ketones is 1. The zero-order valence-electron chi connectivity index (χ0n) is 14.9. The van der Waals surface area contributed by atoms with Crippen molar-refractivity contribution in [1.29, 1.82) is 10.5 Å². The molecular formula is C20H17N3O4. The predicted octanol–water partition coefficient (Wildman–Crippen LogP) is 3.03. The van der Waals surface area contributed by atoms with Gasteiger partial charge in [0.2, 0.25) is 0 Å². The molecule has 0 unspecified atom stereocenters. The van der Waals surface area contributed by atoms with E-state index in [1.807, 2.05) is 12.1 Å². The molecule has 0 atom stereocenters. The minimum atomic E-state index is -0.576. The number of aryl methyl sites for hydroxylation is 1. The fourth-order valence-corrected chi connectivity index (χ4v) is 2.49. The Kier molecular flexibility index (Phi) is 6.24. The van der Waals surface area contributed by atoms with Gasteiger partial charge in [0.15, 0.2) is 11.5 Å². The number of carbonyl (C=O) groups is 2. The van der Waals surface area contributed by atoms with Crippen molar-refractivity contribution in [2.75, 3.05) is 6.61 Å². The van der Waals surface area contributed by atoms with Crippen LogP contribution in [-0.2, 0) is 9.53 Å². The highest BCUT2D eigenvalue weighted by atomic mass is 16.5. The Bertz CT molecular complexity index is 984. The van der Waals surface area contributed by atoms with Crippen LogP contribution in [0.25, 0.3) is 11.3 Å². The molecule has 0 fully saturated rings. The van der Waals surface area contributed by atoms with Gasteiger partial charge >= 0.3 is 5.97 Å². The smallest absolute Gasteiger partial charge is 0.306 e. The number of Topliss-reactive ketones (excluding diaryl/α,β-unsaturated/α-hetero) is 1. The Morgan fingerprint density at radius 1 is 1.19 bits per heavy atom. The molecule has 7 nitrogen and oxygen atoms in total. The summed E-state index contributed by atoms with van der Waals surface area (Å²) >= 11 is 0. The molecule has 0 amide bonds. The molecule has 27 heavy (non-hydrogen) atoms. The zero-order chi connectivity index (χ0) is 20.0. The van der Waals surface area contributed by atoms with E-state index in [1.54, 1.807) is 32.0 Å². The lowest BCUT2D eigenvalue weighted by Gasteiger charge is -2.10. The van der Waals surface area contributed by atoms with E-state index in [2.05, 4.69) is 4.98 Å². The van der Waals surface area contributed by atoms with Gasteiger partial charge in [0.05, 0.1) is 35.9 Å². The van der Waals surface area contributed by atoms with Crippen LogP contribution in [0.1, 0.15) is 46.9 Å². The third kappa shape index (κ3) is 4.47. The molecular weight excluding hydrogens is 346 g/mol. The summed E-state index contributed by atoms with van der Waals surface area (Å²) in [5.74, 6) is -1.63. The summed E-state index contributed by atoms with van der Waals surface area (Å²) in [4.78, 5) is 28.1. The lowest BCUT2D eigenvalue weighted by atomic mass is 9.99. The zero-order valence-corrected chi connectivity index (χ0v) is 14.9. The second-order valence-corrected chi connectivity index (χ2v) is 5.73. The molecule has 1 heterocycles. The summed E-state index contributed by atoms with van der Waals surface area (Å²) in [6.45, 7) is 3.67. The van der Waals surface area contributed by atoms with Crippen molar-refractivity contribution in [3.05, 3.63) is 46.6 Å². The molecule has 1 aromatic carbocycles. The highest BCUT2D eigenvalue weighted by Gasteiger charge is 2.20. The molecule has 136 valence electrons. The van der Waals surface area contributed by atoms with Crippen LogP contribution in [0.3, 0.4) is 0 Å². The van der Waals surface area contributed by atoms with Gasteiger partial charge in [-0.05, 0) is 37.6 Å². The average molecular weight is 363 g/mol. The number of carbonyl (C=O) groups excluding carboxylic acids is 2. The van der Waals surface area contributed by atoms with Crippen LogP contribution in [0.5, 0.6) is 5.75 Å². The van der Waals surface area contributed by atoms with Crippen LogP contribution < -0.4 is 0 Å². The van der Waals surface area contributed by atoms with E-state index in [1.165, 1.54) is 6.07 Å². The monoisotopic (exact) mass is 363 g/mol. The van der Waals surface area contributed by atoms with Crippen molar-refractivity contribution in [2.24, 2.45) is 0 Å². The van der Waals surface area contributed by atoms with Gasteiger partial charge in [0.1, 0.15) is 11.8 Å². The van der Waals surface area contributed by atoms with Crippen molar-refractivity contribution in [3.63, 3.8) is 0 Å². The molecule has 7 heteroatoms. The van der Waals surface area contributed by atoms with E-state index < -0.39 is 17.5 Å². The van der Waals surface area contributed by atoms with Gasteiger partial charge in [0, 0.05) is 12.0 Å². The molecule has 0 saturated heterocycles. The SMILES string of the molecule is CCOC(=O)CCC(=O)c1nc(-c2cc(C#N)ccc2C)cc(C#N)c1O. The molecule has 1 N–H and O–H groups in total. The van der Waals surface area contributed by atoms with Crippen molar-refractivity contribution in [1.82, 2.24) is 4.98 Å². The maximum Gasteiger partial charge on any atom is 0.306 e. The van der Waals surface area contributed by atoms with Gasteiger partial charge < -0.3 is 9.84 Å². The molecule has 0 saturated carbocycles. The van der Waals surface area contributed by atoms with Crippen LogP contribution >= 0.6 is 0 Å². The minimum absolute atomic E-state index is 0.110. The quantitative estimate of drug-likeness (QED) is 0.618. The number of nitrogens with zero attached hydrogens (tertiary/aromatic N) is 3. The fraction of sp³-hybridized carbons (Fsp3) is 0.250. The Balaban J connectivity index is 2.47. The van der Waals surface area contributed by atoms with E-state index in [4.69, 9.17) is 10.00 Å².